The number of nitrogens with two attached hydrogens (primary N) is 1. The van der Waals surface area contributed by atoms with Crippen LogP contribution in [0.4, 0.5) is 0 Å². The fourth-order valence-corrected chi connectivity index (χ4v) is 4.05. The molecule has 3 rings (SSSR count). The van der Waals surface area contributed by atoms with Crippen molar-refractivity contribution < 1.29 is 0 Å². The lowest BCUT2D eigenvalue weighted by Gasteiger charge is -2.45. The lowest BCUT2D eigenvalue weighted by atomic mass is 9.75. The standard InChI is InChI=1S/C17H26N2/c1-13-10-19(11-14(13)2)17(12-18)9-5-7-15-6-3-4-8-16(15)17/h3-4,6,8,13-14H,5,7,9-12,18H2,1-2H3. The molecule has 2 aliphatic rings. The summed E-state index contributed by atoms with van der Waals surface area (Å²) < 4.78 is 0. The number of benzene rings is 1. The highest BCUT2D eigenvalue weighted by atomic mass is 15.2. The van der Waals surface area contributed by atoms with Gasteiger partial charge in [-0.05, 0) is 42.2 Å². The Morgan fingerprint density at radius 2 is 1.89 bits per heavy atom. The van der Waals surface area contributed by atoms with Crippen molar-refractivity contribution in [3.05, 3.63) is 35.4 Å². The van der Waals surface area contributed by atoms with Gasteiger partial charge in [0.1, 0.15) is 0 Å². The van der Waals surface area contributed by atoms with E-state index in [1.807, 2.05) is 0 Å². The van der Waals surface area contributed by atoms with Crippen LogP contribution in [0.1, 0.15) is 37.8 Å². The number of aryl methyl sites for hydroxylation is 1. The van der Waals surface area contributed by atoms with Crippen LogP contribution in [0.2, 0.25) is 0 Å². The Balaban J connectivity index is 2.01. The molecule has 1 aliphatic carbocycles. The quantitative estimate of drug-likeness (QED) is 0.884. The van der Waals surface area contributed by atoms with Gasteiger partial charge >= 0.3 is 0 Å². The highest BCUT2D eigenvalue weighted by molar-refractivity contribution is 5.37. The van der Waals surface area contributed by atoms with Crippen molar-refractivity contribution in [3.63, 3.8) is 0 Å². The van der Waals surface area contributed by atoms with E-state index in [0.717, 1.165) is 18.4 Å². The number of fused-ring (bicyclic) bond motifs is 1. The molecular formula is C17H26N2. The summed E-state index contributed by atoms with van der Waals surface area (Å²) in [6.45, 7) is 7.91. The van der Waals surface area contributed by atoms with Gasteiger partial charge in [-0.1, -0.05) is 38.1 Å². The van der Waals surface area contributed by atoms with Gasteiger partial charge in [-0.15, -0.1) is 0 Å². The van der Waals surface area contributed by atoms with Crippen LogP contribution in [-0.4, -0.2) is 24.5 Å². The van der Waals surface area contributed by atoms with Crippen molar-refractivity contribution >= 4 is 0 Å². The summed E-state index contributed by atoms with van der Waals surface area (Å²) in [5, 5.41) is 0. The van der Waals surface area contributed by atoms with Gasteiger partial charge in [0, 0.05) is 19.6 Å². The average molecular weight is 258 g/mol. The molecule has 2 N–H and O–H groups in total. The first-order valence-electron chi connectivity index (χ1n) is 7.71. The molecule has 2 nitrogen and oxygen atoms in total. The second kappa shape index (κ2) is 4.92. The van der Waals surface area contributed by atoms with Gasteiger partial charge in [-0.25, -0.2) is 0 Å². The fraction of sp³-hybridized carbons (Fsp3) is 0.647. The summed E-state index contributed by atoms with van der Waals surface area (Å²) in [7, 11) is 0. The summed E-state index contributed by atoms with van der Waals surface area (Å²) in [5.41, 5.74) is 9.41. The number of hydrogen-bond acceptors (Lipinski definition) is 2. The molecule has 0 spiro atoms. The summed E-state index contributed by atoms with van der Waals surface area (Å²) in [4.78, 5) is 2.68. The SMILES string of the molecule is CC1CN(C2(CN)CCCc3ccccc32)CC1C. The predicted octanol–water partition coefficient (Wildman–Crippen LogP) is 2.76. The Morgan fingerprint density at radius 1 is 1.21 bits per heavy atom. The van der Waals surface area contributed by atoms with E-state index in [1.165, 1.54) is 43.5 Å². The van der Waals surface area contributed by atoms with Gasteiger partial charge in [0.2, 0.25) is 0 Å². The van der Waals surface area contributed by atoms with Crippen LogP contribution in [-0.2, 0) is 12.0 Å². The Labute approximate surface area is 117 Å². The van der Waals surface area contributed by atoms with Crippen LogP contribution < -0.4 is 5.73 Å². The van der Waals surface area contributed by atoms with Gasteiger partial charge in [-0.3, -0.25) is 4.90 Å². The summed E-state index contributed by atoms with van der Waals surface area (Å²) in [6, 6.07) is 8.95. The molecule has 19 heavy (non-hydrogen) atoms. The first-order valence-corrected chi connectivity index (χ1v) is 7.71. The van der Waals surface area contributed by atoms with Crippen molar-refractivity contribution in [2.24, 2.45) is 17.6 Å². The normalized spacial score (nSPS) is 35.3. The first kappa shape index (κ1) is 13.1. The summed E-state index contributed by atoms with van der Waals surface area (Å²) in [6.07, 6.45) is 3.71. The molecule has 2 heteroatoms. The summed E-state index contributed by atoms with van der Waals surface area (Å²) >= 11 is 0. The second-order valence-corrected chi connectivity index (χ2v) is 6.61. The van der Waals surface area contributed by atoms with Crippen molar-refractivity contribution in [1.82, 2.24) is 4.90 Å². The molecule has 1 fully saturated rings. The van der Waals surface area contributed by atoms with E-state index in [9.17, 15) is 0 Å². The zero-order chi connectivity index (χ0) is 13.5. The highest BCUT2D eigenvalue weighted by Crippen LogP contribution is 2.42. The molecule has 0 saturated carbocycles. The van der Waals surface area contributed by atoms with Crippen LogP contribution in [0.5, 0.6) is 0 Å². The molecule has 1 aliphatic heterocycles. The molecular weight excluding hydrogens is 232 g/mol. The fourth-order valence-electron chi connectivity index (χ4n) is 4.05. The smallest absolute Gasteiger partial charge is 0.0586 e. The molecule has 0 aromatic heterocycles. The van der Waals surface area contributed by atoms with Crippen LogP contribution in [0.25, 0.3) is 0 Å². The van der Waals surface area contributed by atoms with E-state index in [2.05, 4.69) is 43.0 Å². The van der Waals surface area contributed by atoms with E-state index in [0.29, 0.717) is 0 Å². The zero-order valence-corrected chi connectivity index (χ0v) is 12.2. The van der Waals surface area contributed by atoms with Crippen molar-refractivity contribution in [3.8, 4) is 0 Å². The third-order valence-electron chi connectivity index (χ3n) is 5.49. The first-order chi connectivity index (χ1) is 9.17. The van der Waals surface area contributed by atoms with Crippen LogP contribution in [0.15, 0.2) is 24.3 Å². The Bertz CT molecular complexity index is 446. The number of likely N-dealkylation sites (tertiary alicyclic amines) is 1. The Hall–Kier alpha value is -0.860. The maximum atomic E-state index is 6.28. The minimum absolute atomic E-state index is 0.105. The minimum Gasteiger partial charge on any atom is -0.328 e. The van der Waals surface area contributed by atoms with E-state index in [1.54, 1.807) is 0 Å². The third-order valence-corrected chi connectivity index (χ3v) is 5.49. The monoisotopic (exact) mass is 258 g/mol. The van der Waals surface area contributed by atoms with Crippen molar-refractivity contribution in [2.45, 2.75) is 38.6 Å². The topological polar surface area (TPSA) is 29.3 Å². The van der Waals surface area contributed by atoms with E-state index in [4.69, 9.17) is 5.73 Å². The van der Waals surface area contributed by atoms with Crippen LogP contribution in [0, 0.1) is 11.8 Å². The average Bonchev–Trinajstić information content (AvgIpc) is 2.78. The number of nitrogens with zero attached hydrogens (tertiary/aromatic N) is 1. The Morgan fingerprint density at radius 3 is 2.58 bits per heavy atom. The van der Waals surface area contributed by atoms with Gasteiger partial charge in [0.05, 0.1) is 5.54 Å². The van der Waals surface area contributed by atoms with E-state index >= 15 is 0 Å². The molecule has 1 aromatic rings. The second-order valence-electron chi connectivity index (χ2n) is 6.61. The van der Waals surface area contributed by atoms with Gasteiger partial charge in [-0.2, -0.15) is 0 Å². The number of rotatable bonds is 2. The van der Waals surface area contributed by atoms with E-state index in [-0.39, 0.29) is 5.54 Å². The minimum atomic E-state index is 0.105. The largest absolute Gasteiger partial charge is 0.328 e. The zero-order valence-electron chi connectivity index (χ0n) is 12.2. The van der Waals surface area contributed by atoms with Gasteiger partial charge in [0.15, 0.2) is 0 Å². The maximum Gasteiger partial charge on any atom is 0.0586 e. The van der Waals surface area contributed by atoms with Gasteiger partial charge in [0.25, 0.3) is 0 Å². The molecule has 3 unspecified atom stereocenters. The molecule has 3 atom stereocenters. The van der Waals surface area contributed by atoms with Crippen molar-refractivity contribution in [2.75, 3.05) is 19.6 Å². The Kier molecular flexibility index (Phi) is 3.40. The van der Waals surface area contributed by atoms with E-state index < -0.39 is 0 Å². The summed E-state index contributed by atoms with van der Waals surface area (Å²) in [5.74, 6) is 1.58. The molecule has 0 radical (unpaired) electrons. The molecule has 104 valence electrons. The van der Waals surface area contributed by atoms with Gasteiger partial charge < -0.3 is 5.73 Å². The molecule has 1 heterocycles. The molecule has 1 aromatic carbocycles. The third kappa shape index (κ3) is 2.02. The predicted molar refractivity (Wildman–Crippen MR) is 80.0 cm³/mol. The van der Waals surface area contributed by atoms with Crippen LogP contribution in [0.3, 0.4) is 0 Å². The lowest BCUT2D eigenvalue weighted by Crippen LogP contribution is -2.52. The number of hydrogen-bond donors (Lipinski definition) is 1. The highest BCUT2D eigenvalue weighted by Gasteiger charge is 2.44. The molecule has 0 amide bonds. The lowest BCUT2D eigenvalue weighted by molar-refractivity contribution is 0.0955. The maximum absolute atomic E-state index is 6.28. The molecule has 1 saturated heterocycles. The van der Waals surface area contributed by atoms with Crippen molar-refractivity contribution in [1.29, 1.82) is 0 Å². The molecule has 0 bridgehead atoms. The van der Waals surface area contributed by atoms with Crippen LogP contribution >= 0.6 is 0 Å².